The van der Waals surface area contributed by atoms with Gasteiger partial charge in [-0.3, -0.25) is 4.98 Å². The van der Waals surface area contributed by atoms with Crippen molar-refractivity contribution in [2.45, 2.75) is 26.4 Å². The standard InChI is InChI=1S/C14H13N5/c1-2-13-17-11(7-15)6-14(18-13)19-8-10-4-3-5-16-12(10)9-19/h3-6H,2,8-9H2,1H3. The van der Waals surface area contributed by atoms with Crippen LogP contribution in [-0.4, -0.2) is 15.0 Å². The summed E-state index contributed by atoms with van der Waals surface area (Å²) in [5, 5.41) is 9.03. The van der Waals surface area contributed by atoms with E-state index in [1.165, 1.54) is 5.56 Å². The molecular formula is C14H13N5. The maximum absolute atomic E-state index is 9.03. The van der Waals surface area contributed by atoms with E-state index in [4.69, 9.17) is 5.26 Å². The summed E-state index contributed by atoms with van der Waals surface area (Å²) in [6.45, 7) is 3.51. The van der Waals surface area contributed by atoms with E-state index in [9.17, 15) is 0 Å². The molecule has 0 N–H and O–H groups in total. The number of pyridine rings is 1. The highest BCUT2D eigenvalue weighted by atomic mass is 15.2. The molecule has 2 aromatic heterocycles. The molecule has 3 rings (SSSR count). The molecule has 0 fully saturated rings. The monoisotopic (exact) mass is 251 g/mol. The summed E-state index contributed by atoms with van der Waals surface area (Å²) in [6.07, 6.45) is 2.53. The largest absolute Gasteiger partial charge is 0.346 e. The van der Waals surface area contributed by atoms with Gasteiger partial charge in [0, 0.05) is 25.2 Å². The van der Waals surface area contributed by atoms with Crippen molar-refractivity contribution >= 4 is 5.82 Å². The van der Waals surface area contributed by atoms with Crippen molar-refractivity contribution in [3.8, 4) is 6.07 Å². The number of nitriles is 1. The van der Waals surface area contributed by atoms with Gasteiger partial charge in [-0.25, -0.2) is 9.97 Å². The van der Waals surface area contributed by atoms with E-state index >= 15 is 0 Å². The molecule has 0 spiro atoms. The van der Waals surface area contributed by atoms with Gasteiger partial charge in [0.1, 0.15) is 23.4 Å². The average molecular weight is 251 g/mol. The lowest BCUT2D eigenvalue weighted by atomic mass is 10.2. The molecule has 5 heteroatoms. The predicted molar refractivity (Wildman–Crippen MR) is 70.2 cm³/mol. The Morgan fingerprint density at radius 3 is 3.00 bits per heavy atom. The minimum atomic E-state index is 0.422. The van der Waals surface area contributed by atoms with Crippen LogP contribution in [0.25, 0.3) is 0 Å². The van der Waals surface area contributed by atoms with Crippen LogP contribution in [0.1, 0.15) is 29.7 Å². The fourth-order valence-electron chi connectivity index (χ4n) is 2.22. The smallest absolute Gasteiger partial charge is 0.146 e. The second-order valence-corrected chi connectivity index (χ2v) is 4.46. The molecular weight excluding hydrogens is 238 g/mol. The van der Waals surface area contributed by atoms with Crippen LogP contribution in [0.4, 0.5) is 5.82 Å². The van der Waals surface area contributed by atoms with Gasteiger partial charge < -0.3 is 4.90 Å². The quantitative estimate of drug-likeness (QED) is 0.814. The molecule has 0 saturated heterocycles. The summed E-state index contributed by atoms with van der Waals surface area (Å²) in [6, 6.07) is 7.86. The van der Waals surface area contributed by atoms with E-state index in [-0.39, 0.29) is 0 Å². The van der Waals surface area contributed by atoms with Gasteiger partial charge in [0.05, 0.1) is 12.2 Å². The zero-order valence-corrected chi connectivity index (χ0v) is 10.7. The van der Waals surface area contributed by atoms with Crippen LogP contribution in [0.15, 0.2) is 24.4 Å². The van der Waals surface area contributed by atoms with E-state index in [1.807, 2.05) is 13.0 Å². The molecule has 0 unspecified atom stereocenters. The maximum atomic E-state index is 9.03. The molecule has 0 bridgehead atoms. The Kier molecular flexibility index (Phi) is 2.84. The second kappa shape index (κ2) is 4.65. The Hall–Kier alpha value is -2.48. The number of aromatic nitrogens is 3. The summed E-state index contributed by atoms with van der Waals surface area (Å²) in [7, 11) is 0. The molecule has 19 heavy (non-hydrogen) atoms. The molecule has 0 atom stereocenters. The van der Waals surface area contributed by atoms with E-state index in [1.54, 1.807) is 12.3 Å². The highest BCUT2D eigenvalue weighted by Crippen LogP contribution is 2.25. The maximum Gasteiger partial charge on any atom is 0.146 e. The van der Waals surface area contributed by atoms with Gasteiger partial charge in [-0.15, -0.1) is 0 Å². The van der Waals surface area contributed by atoms with Crippen LogP contribution in [0, 0.1) is 11.3 Å². The predicted octanol–water partition coefficient (Wildman–Crippen LogP) is 1.83. The molecule has 5 nitrogen and oxygen atoms in total. The van der Waals surface area contributed by atoms with Gasteiger partial charge in [0.15, 0.2) is 0 Å². The van der Waals surface area contributed by atoms with Crippen molar-refractivity contribution < 1.29 is 0 Å². The molecule has 0 aromatic carbocycles. The van der Waals surface area contributed by atoms with Crippen molar-refractivity contribution in [1.82, 2.24) is 15.0 Å². The van der Waals surface area contributed by atoms with Gasteiger partial charge in [0.25, 0.3) is 0 Å². The lowest BCUT2D eigenvalue weighted by molar-refractivity contribution is 0.820. The van der Waals surface area contributed by atoms with Crippen LogP contribution in [-0.2, 0) is 19.5 Å². The molecule has 1 aliphatic rings. The summed E-state index contributed by atoms with van der Waals surface area (Å²) in [5.41, 5.74) is 2.72. The number of rotatable bonds is 2. The third kappa shape index (κ3) is 2.13. The van der Waals surface area contributed by atoms with Crippen LogP contribution >= 0.6 is 0 Å². The Morgan fingerprint density at radius 2 is 2.26 bits per heavy atom. The van der Waals surface area contributed by atoms with Crippen molar-refractivity contribution in [2.24, 2.45) is 0 Å². The molecule has 1 aliphatic heterocycles. The van der Waals surface area contributed by atoms with E-state index in [0.29, 0.717) is 11.5 Å². The molecule has 0 radical (unpaired) electrons. The van der Waals surface area contributed by atoms with Crippen molar-refractivity contribution in [3.63, 3.8) is 0 Å². The first-order valence-electron chi connectivity index (χ1n) is 6.26. The topological polar surface area (TPSA) is 65.7 Å². The van der Waals surface area contributed by atoms with E-state index < -0.39 is 0 Å². The zero-order valence-electron chi connectivity index (χ0n) is 10.7. The fraction of sp³-hybridized carbons (Fsp3) is 0.286. The molecule has 0 aliphatic carbocycles. The molecule has 0 saturated carbocycles. The van der Waals surface area contributed by atoms with Gasteiger partial charge in [-0.05, 0) is 11.6 Å². The lowest BCUT2D eigenvalue weighted by Gasteiger charge is -2.16. The SMILES string of the molecule is CCc1nc(C#N)cc(N2Cc3cccnc3C2)n1. The number of hydrogen-bond acceptors (Lipinski definition) is 5. The summed E-state index contributed by atoms with van der Waals surface area (Å²) < 4.78 is 0. The fourth-order valence-corrected chi connectivity index (χ4v) is 2.22. The third-order valence-corrected chi connectivity index (χ3v) is 3.20. The summed E-state index contributed by atoms with van der Waals surface area (Å²) in [4.78, 5) is 15.2. The van der Waals surface area contributed by atoms with Crippen LogP contribution < -0.4 is 4.90 Å². The highest BCUT2D eigenvalue weighted by Gasteiger charge is 2.21. The Bertz CT molecular complexity index is 634. The van der Waals surface area contributed by atoms with Crippen molar-refractivity contribution in [1.29, 1.82) is 5.26 Å². The zero-order chi connectivity index (χ0) is 13.2. The van der Waals surface area contributed by atoms with E-state index in [0.717, 1.165) is 31.0 Å². The van der Waals surface area contributed by atoms with Crippen LogP contribution in [0.3, 0.4) is 0 Å². The number of anilines is 1. The third-order valence-electron chi connectivity index (χ3n) is 3.20. The Balaban J connectivity index is 1.95. The Labute approximate surface area is 111 Å². The molecule has 3 heterocycles. The molecule has 94 valence electrons. The highest BCUT2D eigenvalue weighted by molar-refractivity contribution is 5.47. The first-order valence-corrected chi connectivity index (χ1v) is 6.26. The summed E-state index contributed by atoms with van der Waals surface area (Å²) in [5.74, 6) is 1.51. The first kappa shape index (κ1) is 11.6. The van der Waals surface area contributed by atoms with E-state index in [2.05, 4.69) is 32.0 Å². The number of aryl methyl sites for hydroxylation is 1. The normalized spacial score (nSPS) is 13.2. The first-order chi connectivity index (χ1) is 9.30. The van der Waals surface area contributed by atoms with Gasteiger partial charge in [0.2, 0.25) is 0 Å². The lowest BCUT2D eigenvalue weighted by Crippen LogP contribution is -2.17. The van der Waals surface area contributed by atoms with Crippen molar-refractivity contribution in [3.05, 3.63) is 47.2 Å². The van der Waals surface area contributed by atoms with Crippen molar-refractivity contribution in [2.75, 3.05) is 4.90 Å². The van der Waals surface area contributed by atoms with Crippen LogP contribution in [0.2, 0.25) is 0 Å². The number of hydrogen-bond donors (Lipinski definition) is 0. The van der Waals surface area contributed by atoms with Gasteiger partial charge in [-0.2, -0.15) is 5.26 Å². The number of nitrogens with zero attached hydrogens (tertiary/aromatic N) is 5. The van der Waals surface area contributed by atoms with Gasteiger partial charge >= 0.3 is 0 Å². The van der Waals surface area contributed by atoms with Crippen LogP contribution in [0.5, 0.6) is 0 Å². The Morgan fingerprint density at radius 1 is 1.37 bits per heavy atom. The molecule has 2 aromatic rings. The molecule has 0 amide bonds. The minimum absolute atomic E-state index is 0.422. The van der Waals surface area contributed by atoms with Gasteiger partial charge in [-0.1, -0.05) is 13.0 Å². The minimum Gasteiger partial charge on any atom is -0.346 e. The number of fused-ring (bicyclic) bond motifs is 1. The second-order valence-electron chi connectivity index (χ2n) is 4.46. The average Bonchev–Trinajstić information content (AvgIpc) is 2.90. The summed E-state index contributed by atoms with van der Waals surface area (Å²) >= 11 is 0.